The highest BCUT2D eigenvalue weighted by Crippen LogP contribution is 2.38. The van der Waals surface area contributed by atoms with Crippen molar-refractivity contribution in [3.63, 3.8) is 0 Å². The molecule has 0 amide bonds. The molecule has 0 aliphatic carbocycles. The fourth-order valence-corrected chi connectivity index (χ4v) is 4.93. The molecule has 0 spiro atoms. The highest BCUT2D eigenvalue weighted by molar-refractivity contribution is 5.99. The van der Waals surface area contributed by atoms with Crippen LogP contribution in [0.1, 0.15) is 6.42 Å². The van der Waals surface area contributed by atoms with E-state index in [9.17, 15) is 0 Å². The molecule has 3 heterocycles. The Bertz CT molecular complexity index is 1810. The number of rotatable bonds is 10. The Labute approximate surface area is 238 Å². The van der Waals surface area contributed by atoms with Crippen LogP contribution in [0.25, 0.3) is 33.1 Å². The van der Waals surface area contributed by atoms with Crippen LogP contribution < -0.4 is 15.4 Å². The number of nitrogens with zero attached hydrogens (tertiary/aromatic N) is 6. The molecular weight excluding hydrogens is 512 g/mol. The number of benzene rings is 3. The van der Waals surface area contributed by atoms with Gasteiger partial charge in [-0.15, -0.1) is 0 Å². The van der Waals surface area contributed by atoms with Gasteiger partial charge in [0.05, 0.1) is 22.3 Å². The van der Waals surface area contributed by atoms with Crippen molar-refractivity contribution in [3.8, 4) is 22.9 Å². The van der Waals surface area contributed by atoms with Crippen molar-refractivity contribution in [1.29, 1.82) is 0 Å². The summed E-state index contributed by atoms with van der Waals surface area (Å²) in [6.45, 7) is 1.86. The molecule has 0 bridgehead atoms. The summed E-state index contributed by atoms with van der Waals surface area (Å²) in [6, 6.07) is 26.1. The van der Waals surface area contributed by atoms with E-state index in [-0.39, 0.29) is 0 Å². The average Bonchev–Trinajstić information content (AvgIpc) is 3.35. The maximum atomic E-state index is 6.46. The molecule has 206 valence electrons. The Balaban J connectivity index is 1.35. The molecule has 0 fully saturated rings. The first-order valence-corrected chi connectivity index (χ1v) is 13.6. The van der Waals surface area contributed by atoms with Gasteiger partial charge in [0.1, 0.15) is 5.75 Å². The molecule has 3 aromatic carbocycles. The van der Waals surface area contributed by atoms with Crippen LogP contribution in [-0.2, 0) is 6.54 Å². The van der Waals surface area contributed by atoms with Crippen molar-refractivity contribution in [2.24, 2.45) is 0 Å². The summed E-state index contributed by atoms with van der Waals surface area (Å²) in [5, 5.41) is 8.60. The monoisotopic (exact) mass is 544 g/mol. The van der Waals surface area contributed by atoms with Gasteiger partial charge in [0, 0.05) is 42.4 Å². The molecule has 0 unspecified atom stereocenters. The molecule has 0 saturated heterocycles. The molecule has 6 aromatic rings. The normalized spacial score (nSPS) is 11.3. The summed E-state index contributed by atoms with van der Waals surface area (Å²) in [5.41, 5.74) is 4.55. The standard InChI is InChI=1S/C32H32N8O/c1-33-31-35-19-17-26(36-31)24-12-8-18-34-30(24)41-29-16-15-25(22-10-4-5-11-23(22)29)37-32-38-27-13-6-7-14-28(27)40(32)21-9-20-39(2)3/h4-8,10-19H,9,20-21H2,1-3H3,(H,37,38)(H,33,35,36). The van der Waals surface area contributed by atoms with E-state index in [0.29, 0.717) is 17.6 Å². The van der Waals surface area contributed by atoms with E-state index in [1.165, 1.54) is 0 Å². The van der Waals surface area contributed by atoms with Gasteiger partial charge >= 0.3 is 0 Å². The van der Waals surface area contributed by atoms with Crippen molar-refractivity contribution in [2.45, 2.75) is 13.0 Å². The van der Waals surface area contributed by atoms with Gasteiger partial charge in [-0.25, -0.2) is 19.9 Å². The number of fused-ring (bicyclic) bond motifs is 2. The molecular formula is C32H32N8O. The summed E-state index contributed by atoms with van der Waals surface area (Å²) < 4.78 is 8.72. The van der Waals surface area contributed by atoms with Gasteiger partial charge < -0.3 is 24.8 Å². The molecule has 6 rings (SSSR count). The minimum atomic E-state index is 0.474. The third kappa shape index (κ3) is 5.53. The fraction of sp³-hybridized carbons (Fsp3) is 0.188. The van der Waals surface area contributed by atoms with E-state index < -0.39 is 0 Å². The predicted octanol–water partition coefficient (Wildman–Crippen LogP) is 6.57. The highest BCUT2D eigenvalue weighted by atomic mass is 16.5. The van der Waals surface area contributed by atoms with Crippen LogP contribution in [0, 0.1) is 0 Å². The van der Waals surface area contributed by atoms with Crippen molar-refractivity contribution >= 4 is 39.4 Å². The number of pyridine rings is 1. The third-order valence-electron chi connectivity index (χ3n) is 6.91. The number of nitrogens with one attached hydrogen (secondary N) is 2. The van der Waals surface area contributed by atoms with Crippen molar-refractivity contribution in [3.05, 3.63) is 91.3 Å². The van der Waals surface area contributed by atoms with Gasteiger partial charge in [0.25, 0.3) is 0 Å². The van der Waals surface area contributed by atoms with Crippen LogP contribution in [0.5, 0.6) is 11.6 Å². The first-order chi connectivity index (χ1) is 20.1. The van der Waals surface area contributed by atoms with Gasteiger partial charge in [-0.3, -0.25) is 0 Å². The van der Waals surface area contributed by atoms with Crippen LogP contribution >= 0.6 is 0 Å². The number of hydrogen-bond donors (Lipinski definition) is 2. The summed E-state index contributed by atoms with van der Waals surface area (Å²) >= 11 is 0. The van der Waals surface area contributed by atoms with E-state index in [1.54, 1.807) is 19.4 Å². The zero-order chi connectivity index (χ0) is 28.2. The quantitative estimate of drug-likeness (QED) is 0.200. The van der Waals surface area contributed by atoms with Gasteiger partial charge in [-0.2, -0.15) is 0 Å². The number of imidazole rings is 1. The van der Waals surface area contributed by atoms with E-state index in [4.69, 9.17) is 9.72 Å². The zero-order valence-corrected chi connectivity index (χ0v) is 23.4. The van der Waals surface area contributed by atoms with Crippen LogP contribution in [0.15, 0.2) is 91.3 Å². The molecule has 0 aliphatic rings. The van der Waals surface area contributed by atoms with E-state index in [0.717, 1.165) is 64.2 Å². The van der Waals surface area contributed by atoms with Crippen LogP contribution in [0.4, 0.5) is 17.6 Å². The Hall–Kier alpha value is -5.02. The van der Waals surface area contributed by atoms with Crippen molar-refractivity contribution in [1.82, 2.24) is 29.4 Å². The Morgan fingerprint density at radius 1 is 0.829 bits per heavy atom. The zero-order valence-electron chi connectivity index (χ0n) is 23.4. The van der Waals surface area contributed by atoms with Gasteiger partial charge in [-0.05, 0) is 69.5 Å². The van der Waals surface area contributed by atoms with E-state index in [1.807, 2.05) is 48.5 Å². The third-order valence-corrected chi connectivity index (χ3v) is 6.91. The average molecular weight is 545 g/mol. The van der Waals surface area contributed by atoms with Crippen molar-refractivity contribution < 1.29 is 4.74 Å². The predicted molar refractivity (Wildman–Crippen MR) is 165 cm³/mol. The summed E-state index contributed by atoms with van der Waals surface area (Å²) in [4.78, 5) is 20.5. The number of aryl methyl sites for hydroxylation is 1. The molecule has 41 heavy (non-hydrogen) atoms. The largest absolute Gasteiger partial charge is 0.438 e. The first-order valence-electron chi connectivity index (χ1n) is 13.6. The molecule has 0 radical (unpaired) electrons. The van der Waals surface area contributed by atoms with Gasteiger partial charge in [-0.1, -0.05) is 36.4 Å². The lowest BCUT2D eigenvalue weighted by Gasteiger charge is -2.16. The number of aromatic nitrogens is 5. The maximum Gasteiger partial charge on any atom is 0.228 e. The van der Waals surface area contributed by atoms with Crippen LogP contribution in [0.3, 0.4) is 0 Å². The van der Waals surface area contributed by atoms with Crippen LogP contribution in [-0.4, -0.2) is 57.1 Å². The molecule has 9 heteroatoms. The molecule has 0 aliphatic heterocycles. The lowest BCUT2D eigenvalue weighted by atomic mass is 10.1. The molecule has 3 aromatic heterocycles. The number of hydrogen-bond acceptors (Lipinski definition) is 8. The second-order valence-corrected chi connectivity index (χ2v) is 9.99. The molecule has 9 nitrogen and oxygen atoms in total. The number of anilines is 3. The minimum Gasteiger partial charge on any atom is -0.438 e. The first kappa shape index (κ1) is 26.2. The minimum absolute atomic E-state index is 0.474. The SMILES string of the molecule is CNc1nccc(-c2cccnc2Oc2ccc(Nc3nc4ccccc4n3CCCN(C)C)c3ccccc23)n1. The second kappa shape index (κ2) is 11.6. The molecule has 2 N–H and O–H groups in total. The van der Waals surface area contributed by atoms with E-state index >= 15 is 0 Å². The van der Waals surface area contributed by atoms with Gasteiger partial charge in [0.15, 0.2) is 0 Å². The lowest BCUT2D eigenvalue weighted by molar-refractivity contribution is 0.388. The van der Waals surface area contributed by atoms with Gasteiger partial charge in [0.2, 0.25) is 17.8 Å². The summed E-state index contributed by atoms with van der Waals surface area (Å²) in [7, 11) is 5.99. The molecule has 0 saturated carbocycles. The maximum absolute atomic E-state index is 6.46. The highest BCUT2D eigenvalue weighted by Gasteiger charge is 2.16. The number of ether oxygens (including phenoxy) is 1. The topological polar surface area (TPSA) is 93.0 Å². The van der Waals surface area contributed by atoms with E-state index in [2.05, 4.69) is 79.5 Å². The Kier molecular flexibility index (Phi) is 7.42. The summed E-state index contributed by atoms with van der Waals surface area (Å²) in [5.74, 6) is 2.53. The number of para-hydroxylation sites is 2. The van der Waals surface area contributed by atoms with Crippen LogP contribution in [0.2, 0.25) is 0 Å². The lowest BCUT2D eigenvalue weighted by Crippen LogP contribution is -2.15. The summed E-state index contributed by atoms with van der Waals surface area (Å²) in [6.07, 6.45) is 4.46. The smallest absolute Gasteiger partial charge is 0.228 e. The fourth-order valence-electron chi connectivity index (χ4n) is 4.93. The van der Waals surface area contributed by atoms with Crippen molar-refractivity contribution in [2.75, 3.05) is 38.3 Å². The Morgan fingerprint density at radius 2 is 1.66 bits per heavy atom. The molecule has 0 atom stereocenters. The Morgan fingerprint density at radius 3 is 2.51 bits per heavy atom. The second-order valence-electron chi connectivity index (χ2n) is 9.99.